The van der Waals surface area contributed by atoms with Crippen LogP contribution in [-0.2, 0) is 4.79 Å². The molecule has 0 heterocycles. The summed E-state index contributed by atoms with van der Waals surface area (Å²) in [5, 5.41) is 5.58. The molecule has 0 aliphatic carbocycles. The molecular formula is C17H16Br2N2O2. The van der Waals surface area contributed by atoms with Crippen LogP contribution in [-0.4, -0.2) is 18.4 Å². The molecule has 0 spiro atoms. The van der Waals surface area contributed by atoms with Gasteiger partial charge in [-0.05, 0) is 48.9 Å². The standard InChI is InChI=1S/C17H16Br2N2O2/c1-11-2-5-14(19)10-15(11)21-16(22)8-9-20-17(23)12-3-6-13(18)7-4-12/h2-7,10H,8-9H2,1H3,(H,20,23)(H,21,22). The van der Waals surface area contributed by atoms with Crippen LogP contribution in [0.15, 0.2) is 51.4 Å². The Morgan fingerprint density at radius 1 is 1.00 bits per heavy atom. The van der Waals surface area contributed by atoms with Gasteiger partial charge in [-0.3, -0.25) is 9.59 Å². The second-order valence-corrected chi connectivity index (χ2v) is 6.85. The van der Waals surface area contributed by atoms with Crippen molar-refractivity contribution in [3.05, 3.63) is 62.5 Å². The summed E-state index contributed by atoms with van der Waals surface area (Å²) in [6.45, 7) is 2.21. The summed E-state index contributed by atoms with van der Waals surface area (Å²) in [7, 11) is 0. The Balaban J connectivity index is 1.81. The van der Waals surface area contributed by atoms with E-state index in [4.69, 9.17) is 0 Å². The van der Waals surface area contributed by atoms with Crippen molar-refractivity contribution in [1.29, 1.82) is 0 Å². The molecule has 0 aromatic heterocycles. The van der Waals surface area contributed by atoms with Gasteiger partial charge >= 0.3 is 0 Å². The highest BCUT2D eigenvalue weighted by Crippen LogP contribution is 2.20. The molecule has 2 N–H and O–H groups in total. The Labute approximate surface area is 151 Å². The van der Waals surface area contributed by atoms with Gasteiger partial charge in [0.2, 0.25) is 5.91 Å². The lowest BCUT2D eigenvalue weighted by Crippen LogP contribution is -2.27. The number of hydrogen-bond donors (Lipinski definition) is 2. The molecular weight excluding hydrogens is 424 g/mol. The molecule has 0 aliphatic rings. The summed E-state index contributed by atoms with van der Waals surface area (Å²) >= 11 is 6.70. The molecule has 2 rings (SSSR count). The minimum absolute atomic E-state index is 0.137. The Kier molecular flexibility index (Phi) is 6.36. The van der Waals surface area contributed by atoms with E-state index in [1.54, 1.807) is 24.3 Å². The average Bonchev–Trinajstić information content (AvgIpc) is 2.51. The minimum Gasteiger partial charge on any atom is -0.352 e. The molecule has 120 valence electrons. The number of benzene rings is 2. The van der Waals surface area contributed by atoms with Gasteiger partial charge in [0.25, 0.3) is 5.91 Å². The van der Waals surface area contributed by atoms with Gasteiger partial charge in [-0.25, -0.2) is 0 Å². The summed E-state index contributed by atoms with van der Waals surface area (Å²) in [5.41, 5.74) is 2.32. The number of anilines is 1. The molecule has 2 amide bonds. The van der Waals surface area contributed by atoms with E-state index in [2.05, 4.69) is 42.5 Å². The monoisotopic (exact) mass is 438 g/mol. The molecule has 0 fully saturated rings. The smallest absolute Gasteiger partial charge is 0.251 e. The summed E-state index contributed by atoms with van der Waals surface area (Å²) in [5.74, 6) is -0.328. The predicted molar refractivity (Wildman–Crippen MR) is 98.6 cm³/mol. The number of rotatable bonds is 5. The van der Waals surface area contributed by atoms with Crippen LogP contribution in [0.2, 0.25) is 0 Å². The number of nitrogens with one attached hydrogen (secondary N) is 2. The van der Waals surface area contributed by atoms with E-state index in [1.165, 1.54) is 0 Å². The maximum Gasteiger partial charge on any atom is 0.251 e. The Hall–Kier alpha value is -1.66. The molecule has 6 heteroatoms. The lowest BCUT2D eigenvalue weighted by molar-refractivity contribution is -0.116. The number of halogens is 2. The molecule has 4 nitrogen and oxygen atoms in total. The van der Waals surface area contributed by atoms with Gasteiger partial charge < -0.3 is 10.6 Å². The number of carbonyl (C=O) groups excluding carboxylic acids is 2. The maximum atomic E-state index is 12.0. The van der Waals surface area contributed by atoms with E-state index >= 15 is 0 Å². The topological polar surface area (TPSA) is 58.2 Å². The van der Waals surface area contributed by atoms with Gasteiger partial charge in [-0.15, -0.1) is 0 Å². The first-order valence-corrected chi connectivity index (χ1v) is 8.64. The van der Waals surface area contributed by atoms with Crippen LogP contribution >= 0.6 is 31.9 Å². The molecule has 0 saturated heterocycles. The summed E-state index contributed by atoms with van der Waals surface area (Å²) in [6, 6.07) is 12.8. The number of hydrogen-bond acceptors (Lipinski definition) is 2. The second kappa shape index (κ2) is 8.26. The van der Waals surface area contributed by atoms with Crippen LogP contribution in [0.3, 0.4) is 0 Å². The lowest BCUT2D eigenvalue weighted by Gasteiger charge is -2.09. The molecule has 23 heavy (non-hydrogen) atoms. The molecule has 0 bridgehead atoms. The zero-order valence-corrected chi connectivity index (χ0v) is 15.7. The van der Waals surface area contributed by atoms with E-state index in [0.29, 0.717) is 5.56 Å². The highest BCUT2D eigenvalue weighted by atomic mass is 79.9. The lowest BCUT2D eigenvalue weighted by atomic mass is 10.2. The third-order valence-corrected chi connectivity index (χ3v) is 4.24. The SMILES string of the molecule is Cc1ccc(Br)cc1NC(=O)CCNC(=O)c1ccc(Br)cc1. The molecule has 0 unspecified atom stereocenters. The first-order valence-electron chi connectivity index (χ1n) is 7.05. The molecule has 2 aromatic rings. The summed E-state index contributed by atoms with van der Waals surface area (Å²) < 4.78 is 1.82. The van der Waals surface area contributed by atoms with Crippen LogP contribution in [0.4, 0.5) is 5.69 Å². The second-order valence-electron chi connectivity index (χ2n) is 5.02. The number of carbonyl (C=O) groups is 2. The van der Waals surface area contributed by atoms with Gasteiger partial charge in [0, 0.05) is 33.2 Å². The molecule has 0 saturated carbocycles. The van der Waals surface area contributed by atoms with Crippen molar-refractivity contribution in [2.75, 3.05) is 11.9 Å². The van der Waals surface area contributed by atoms with E-state index in [9.17, 15) is 9.59 Å². The first kappa shape index (κ1) is 17.7. The zero-order chi connectivity index (χ0) is 16.8. The average molecular weight is 440 g/mol. The van der Waals surface area contributed by atoms with Gasteiger partial charge in [-0.1, -0.05) is 37.9 Å². The fourth-order valence-electron chi connectivity index (χ4n) is 1.93. The van der Waals surface area contributed by atoms with Gasteiger partial charge in [0.15, 0.2) is 0 Å². The molecule has 0 radical (unpaired) electrons. The van der Waals surface area contributed by atoms with Crippen molar-refractivity contribution in [3.8, 4) is 0 Å². The largest absolute Gasteiger partial charge is 0.352 e. The quantitative estimate of drug-likeness (QED) is 0.730. The van der Waals surface area contributed by atoms with Crippen molar-refractivity contribution < 1.29 is 9.59 Å². The van der Waals surface area contributed by atoms with E-state index in [0.717, 1.165) is 20.2 Å². The first-order chi connectivity index (χ1) is 11.0. The van der Waals surface area contributed by atoms with Gasteiger partial charge in [0.1, 0.15) is 0 Å². The van der Waals surface area contributed by atoms with Crippen LogP contribution in [0, 0.1) is 6.92 Å². The Morgan fingerprint density at radius 2 is 1.65 bits per heavy atom. The third kappa shape index (κ3) is 5.48. The van der Waals surface area contributed by atoms with Crippen LogP contribution in [0.1, 0.15) is 22.3 Å². The number of amides is 2. The highest BCUT2D eigenvalue weighted by Gasteiger charge is 2.08. The minimum atomic E-state index is -0.191. The van der Waals surface area contributed by atoms with E-state index in [-0.39, 0.29) is 24.8 Å². The summed E-state index contributed by atoms with van der Waals surface area (Å²) in [4.78, 5) is 23.9. The number of aryl methyl sites for hydroxylation is 1. The van der Waals surface area contributed by atoms with Crippen LogP contribution < -0.4 is 10.6 Å². The van der Waals surface area contributed by atoms with Crippen LogP contribution in [0.25, 0.3) is 0 Å². The molecule has 0 aliphatic heterocycles. The van der Waals surface area contributed by atoms with Crippen molar-refractivity contribution in [2.24, 2.45) is 0 Å². The van der Waals surface area contributed by atoms with Gasteiger partial charge in [0.05, 0.1) is 0 Å². The molecule has 2 aromatic carbocycles. The fourth-order valence-corrected chi connectivity index (χ4v) is 2.56. The van der Waals surface area contributed by atoms with Gasteiger partial charge in [-0.2, -0.15) is 0 Å². The predicted octanol–water partition coefficient (Wildman–Crippen LogP) is 4.28. The van der Waals surface area contributed by atoms with Crippen molar-refractivity contribution >= 4 is 49.4 Å². The maximum absolute atomic E-state index is 12.0. The summed E-state index contributed by atoms with van der Waals surface area (Å²) in [6.07, 6.45) is 0.216. The van der Waals surface area contributed by atoms with Crippen molar-refractivity contribution in [1.82, 2.24) is 5.32 Å². The fraction of sp³-hybridized carbons (Fsp3) is 0.176. The van der Waals surface area contributed by atoms with E-state index in [1.807, 2.05) is 25.1 Å². The normalized spacial score (nSPS) is 10.2. The van der Waals surface area contributed by atoms with E-state index < -0.39 is 0 Å². The van der Waals surface area contributed by atoms with Crippen molar-refractivity contribution in [2.45, 2.75) is 13.3 Å². The Bertz CT molecular complexity index is 715. The third-order valence-electron chi connectivity index (χ3n) is 3.22. The molecule has 0 atom stereocenters. The highest BCUT2D eigenvalue weighted by molar-refractivity contribution is 9.10. The van der Waals surface area contributed by atoms with Crippen LogP contribution in [0.5, 0.6) is 0 Å². The van der Waals surface area contributed by atoms with Crippen molar-refractivity contribution in [3.63, 3.8) is 0 Å². The Morgan fingerprint density at radius 3 is 2.35 bits per heavy atom. The zero-order valence-electron chi connectivity index (χ0n) is 12.5.